The fourth-order valence-corrected chi connectivity index (χ4v) is 3.08. The highest BCUT2D eigenvalue weighted by atomic mass is 127. The number of rotatable bonds is 8. The molecule has 1 aliphatic rings. The van der Waals surface area contributed by atoms with E-state index in [2.05, 4.69) is 34.7 Å². The van der Waals surface area contributed by atoms with Crippen LogP contribution in [0.25, 0.3) is 11.0 Å². The molecule has 1 aliphatic carbocycles. The number of furan rings is 1. The maximum absolute atomic E-state index is 5.94. The number of guanidine groups is 1. The highest BCUT2D eigenvalue weighted by molar-refractivity contribution is 14.0. The molecule has 0 radical (unpaired) electrons. The lowest BCUT2D eigenvalue weighted by molar-refractivity contribution is 0.128. The Hall–Kier alpha value is -1.28. The standard InChI is InChI=1S/C20H29N3O2.HI/c1-4-24-12-11-20(9-10-20)14-22-19(21-3)23-15(2)18-13-16-7-5-6-8-17(16)25-18;/h5-8,13,15H,4,9-12,14H2,1-3H3,(H2,21,22,23);1H. The molecule has 1 atom stereocenters. The number of nitrogens with zero attached hydrogens (tertiary/aromatic N) is 1. The van der Waals surface area contributed by atoms with Crippen LogP contribution in [0.3, 0.4) is 0 Å². The lowest BCUT2D eigenvalue weighted by Gasteiger charge is -2.20. The summed E-state index contributed by atoms with van der Waals surface area (Å²) in [5.41, 5.74) is 1.30. The van der Waals surface area contributed by atoms with Gasteiger partial charge in [0.05, 0.1) is 6.04 Å². The van der Waals surface area contributed by atoms with Gasteiger partial charge in [-0.15, -0.1) is 24.0 Å². The van der Waals surface area contributed by atoms with Crippen molar-refractivity contribution >= 4 is 40.9 Å². The normalized spacial score (nSPS) is 16.8. The average Bonchev–Trinajstić information content (AvgIpc) is 3.26. The third-order valence-corrected chi connectivity index (χ3v) is 5.02. The Labute approximate surface area is 173 Å². The van der Waals surface area contributed by atoms with E-state index in [1.807, 2.05) is 25.1 Å². The molecule has 3 rings (SSSR count). The molecule has 2 aromatic rings. The van der Waals surface area contributed by atoms with Gasteiger partial charge in [-0.25, -0.2) is 0 Å². The van der Waals surface area contributed by atoms with Gasteiger partial charge in [0.1, 0.15) is 11.3 Å². The first-order valence-electron chi connectivity index (χ1n) is 9.19. The van der Waals surface area contributed by atoms with Gasteiger partial charge in [-0.2, -0.15) is 0 Å². The van der Waals surface area contributed by atoms with Crippen LogP contribution in [0.4, 0.5) is 0 Å². The lowest BCUT2D eigenvalue weighted by Crippen LogP contribution is -2.41. The van der Waals surface area contributed by atoms with Crippen LogP contribution < -0.4 is 10.6 Å². The maximum Gasteiger partial charge on any atom is 0.191 e. The van der Waals surface area contributed by atoms with E-state index < -0.39 is 0 Å². The van der Waals surface area contributed by atoms with Crippen LogP contribution >= 0.6 is 24.0 Å². The van der Waals surface area contributed by atoms with Crippen molar-refractivity contribution in [2.75, 3.05) is 26.8 Å². The number of aliphatic imine (C=N–C) groups is 1. The molecule has 0 aliphatic heterocycles. The molecule has 1 saturated carbocycles. The van der Waals surface area contributed by atoms with Gasteiger partial charge in [-0.05, 0) is 50.7 Å². The van der Waals surface area contributed by atoms with E-state index in [0.29, 0.717) is 5.41 Å². The van der Waals surface area contributed by atoms with Crippen LogP contribution in [-0.4, -0.2) is 32.8 Å². The van der Waals surface area contributed by atoms with Gasteiger partial charge in [0, 0.05) is 32.2 Å². The van der Waals surface area contributed by atoms with Gasteiger partial charge in [0.15, 0.2) is 5.96 Å². The number of benzene rings is 1. The fraction of sp³-hybridized carbons (Fsp3) is 0.550. The van der Waals surface area contributed by atoms with Gasteiger partial charge in [0.25, 0.3) is 0 Å². The third-order valence-electron chi connectivity index (χ3n) is 5.02. The van der Waals surface area contributed by atoms with Gasteiger partial charge in [0.2, 0.25) is 0 Å². The molecule has 5 nitrogen and oxygen atoms in total. The molecular weight excluding hydrogens is 441 g/mol. The van der Waals surface area contributed by atoms with Crippen molar-refractivity contribution in [3.63, 3.8) is 0 Å². The van der Waals surface area contributed by atoms with Gasteiger partial charge >= 0.3 is 0 Å². The summed E-state index contributed by atoms with van der Waals surface area (Å²) in [6.45, 7) is 6.71. The van der Waals surface area contributed by atoms with Crippen molar-refractivity contribution in [1.29, 1.82) is 0 Å². The smallest absolute Gasteiger partial charge is 0.191 e. The summed E-state index contributed by atoms with van der Waals surface area (Å²) in [7, 11) is 1.81. The molecule has 144 valence electrons. The van der Waals surface area contributed by atoms with Crippen LogP contribution in [0.1, 0.15) is 44.9 Å². The Morgan fingerprint density at radius 1 is 1.35 bits per heavy atom. The molecular formula is C20H30IN3O2. The second-order valence-corrected chi connectivity index (χ2v) is 6.93. The monoisotopic (exact) mass is 471 g/mol. The molecule has 1 aromatic carbocycles. The minimum absolute atomic E-state index is 0. The Balaban J connectivity index is 0.00000243. The minimum atomic E-state index is 0. The van der Waals surface area contributed by atoms with Gasteiger partial charge in [-0.1, -0.05) is 18.2 Å². The SMILES string of the molecule is CCOCCC1(CNC(=NC)NC(C)c2cc3ccccc3o2)CC1.I. The summed E-state index contributed by atoms with van der Waals surface area (Å²) in [6, 6.07) is 10.2. The highest BCUT2D eigenvalue weighted by Gasteiger charge is 2.42. The van der Waals surface area contributed by atoms with Crippen LogP contribution in [0.5, 0.6) is 0 Å². The summed E-state index contributed by atoms with van der Waals surface area (Å²) in [6.07, 6.45) is 3.65. The van der Waals surface area contributed by atoms with Crippen LogP contribution in [0.15, 0.2) is 39.7 Å². The van der Waals surface area contributed by atoms with Crippen molar-refractivity contribution in [3.8, 4) is 0 Å². The summed E-state index contributed by atoms with van der Waals surface area (Å²) in [5, 5.41) is 8.03. The highest BCUT2D eigenvalue weighted by Crippen LogP contribution is 2.48. The van der Waals surface area contributed by atoms with Crippen molar-refractivity contribution in [3.05, 3.63) is 36.1 Å². The molecule has 1 fully saturated rings. The molecule has 0 spiro atoms. The first kappa shape index (κ1) is 21.0. The molecule has 0 amide bonds. The van der Waals surface area contributed by atoms with E-state index in [9.17, 15) is 0 Å². The van der Waals surface area contributed by atoms with E-state index in [0.717, 1.165) is 48.9 Å². The van der Waals surface area contributed by atoms with Crippen molar-refractivity contribution in [2.24, 2.45) is 10.4 Å². The molecule has 26 heavy (non-hydrogen) atoms. The summed E-state index contributed by atoms with van der Waals surface area (Å²) >= 11 is 0. The number of fused-ring (bicyclic) bond motifs is 1. The van der Waals surface area contributed by atoms with Crippen molar-refractivity contribution in [1.82, 2.24) is 10.6 Å². The van der Waals surface area contributed by atoms with E-state index in [-0.39, 0.29) is 30.0 Å². The number of hydrogen-bond donors (Lipinski definition) is 2. The summed E-state index contributed by atoms with van der Waals surface area (Å²) in [4.78, 5) is 4.36. The lowest BCUT2D eigenvalue weighted by atomic mass is 10.0. The van der Waals surface area contributed by atoms with Crippen LogP contribution in [-0.2, 0) is 4.74 Å². The summed E-state index contributed by atoms with van der Waals surface area (Å²) < 4.78 is 11.4. The van der Waals surface area contributed by atoms with E-state index in [1.165, 1.54) is 12.8 Å². The molecule has 0 saturated heterocycles. The largest absolute Gasteiger partial charge is 0.459 e. The molecule has 2 N–H and O–H groups in total. The Morgan fingerprint density at radius 3 is 2.77 bits per heavy atom. The van der Waals surface area contributed by atoms with E-state index in [4.69, 9.17) is 9.15 Å². The zero-order valence-corrected chi connectivity index (χ0v) is 18.2. The maximum atomic E-state index is 5.94. The van der Waals surface area contributed by atoms with Gasteiger partial charge in [-0.3, -0.25) is 4.99 Å². The quantitative estimate of drug-likeness (QED) is 0.258. The van der Waals surface area contributed by atoms with Crippen LogP contribution in [0.2, 0.25) is 0 Å². The Morgan fingerprint density at radius 2 is 2.12 bits per heavy atom. The van der Waals surface area contributed by atoms with Crippen LogP contribution in [0, 0.1) is 5.41 Å². The number of nitrogens with one attached hydrogen (secondary N) is 2. The Kier molecular flexibility index (Phi) is 7.76. The summed E-state index contributed by atoms with van der Waals surface area (Å²) in [5.74, 6) is 1.73. The first-order chi connectivity index (χ1) is 12.2. The Bertz CT molecular complexity index is 692. The number of ether oxygens (including phenoxy) is 1. The number of halogens is 1. The molecule has 1 heterocycles. The molecule has 0 bridgehead atoms. The topological polar surface area (TPSA) is 58.8 Å². The second-order valence-electron chi connectivity index (χ2n) is 6.93. The van der Waals surface area contributed by atoms with Crippen molar-refractivity contribution < 1.29 is 9.15 Å². The zero-order chi connectivity index (χ0) is 17.7. The van der Waals surface area contributed by atoms with Crippen molar-refractivity contribution in [2.45, 2.75) is 39.2 Å². The predicted octanol–water partition coefficient (Wildman–Crippen LogP) is 4.48. The van der Waals surface area contributed by atoms with E-state index >= 15 is 0 Å². The molecule has 6 heteroatoms. The average molecular weight is 471 g/mol. The number of para-hydroxylation sites is 1. The second kappa shape index (κ2) is 9.60. The van der Waals surface area contributed by atoms with E-state index in [1.54, 1.807) is 7.05 Å². The fourth-order valence-electron chi connectivity index (χ4n) is 3.08. The van der Waals surface area contributed by atoms with Gasteiger partial charge < -0.3 is 19.8 Å². The predicted molar refractivity (Wildman–Crippen MR) is 117 cm³/mol. The molecule has 1 aromatic heterocycles. The first-order valence-corrected chi connectivity index (χ1v) is 9.19. The molecule has 1 unspecified atom stereocenters. The number of hydrogen-bond acceptors (Lipinski definition) is 3. The third kappa shape index (κ3) is 5.36. The minimum Gasteiger partial charge on any atom is -0.459 e. The zero-order valence-electron chi connectivity index (χ0n) is 15.9.